The second-order valence-corrected chi connectivity index (χ2v) is 10.2. The molecule has 158 valence electrons. The first-order valence-corrected chi connectivity index (χ1v) is 11.7. The number of aromatic hydroxyl groups is 1. The third kappa shape index (κ3) is 3.38. The van der Waals surface area contributed by atoms with Crippen LogP contribution < -0.4 is 10.9 Å². The summed E-state index contributed by atoms with van der Waals surface area (Å²) in [5.41, 5.74) is -0.0532. The van der Waals surface area contributed by atoms with Crippen molar-refractivity contribution in [2.75, 3.05) is 5.32 Å². The number of para-hydroxylation sites is 1. The van der Waals surface area contributed by atoms with Gasteiger partial charge in [-0.25, -0.2) is 4.98 Å². The summed E-state index contributed by atoms with van der Waals surface area (Å²) in [7, 11) is -3.56. The molecule has 1 aliphatic rings. The highest BCUT2D eigenvalue weighted by molar-refractivity contribution is 8.23. The minimum Gasteiger partial charge on any atom is -0.506 e. The van der Waals surface area contributed by atoms with Crippen molar-refractivity contribution in [3.05, 3.63) is 79.9 Å². The van der Waals surface area contributed by atoms with Crippen LogP contribution in [0, 0.1) is 0 Å². The number of aromatic nitrogens is 2. The fraction of sp³-hybridized carbons (Fsp3) is 0.0500. The number of nitrogens with zero attached hydrogens (tertiary/aromatic N) is 3. The van der Waals surface area contributed by atoms with Crippen LogP contribution in [0.25, 0.3) is 11.0 Å². The van der Waals surface area contributed by atoms with Crippen LogP contribution >= 0.6 is 33.7 Å². The van der Waals surface area contributed by atoms with Gasteiger partial charge in [0.2, 0.25) is 0 Å². The second-order valence-electron chi connectivity index (χ2n) is 6.78. The number of hydrogen-bond acceptors (Lipinski definition) is 8. The maximum Gasteiger partial charge on any atom is 0.267 e. The number of nitrogens with one attached hydrogen (secondary N) is 1. The van der Waals surface area contributed by atoms with Gasteiger partial charge in [-0.15, -0.1) is 15.7 Å². The predicted molar refractivity (Wildman–Crippen MR) is 124 cm³/mol. The Labute approximate surface area is 186 Å². The highest BCUT2D eigenvalue weighted by Crippen LogP contribution is 2.55. The topological polar surface area (TPSA) is 120 Å². The molecule has 11 heteroatoms. The molecule has 0 saturated carbocycles. The van der Waals surface area contributed by atoms with Crippen molar-refractivity contribution in [1.29, 1.82) is 0 Å². The molecule has 4 heterocycles. The zero-order chi connectivity index (χ0) is 21.8. The first-order chi connectivity index (χ1) is 14.8. The Morgan fingerprint density at radius 1 is 1.13 bits per heavy atom. The Hall–Kier alpha value is -2.89. The number of hydrogen-bond donors (Lipinski definition) is 4. The van der Waals surface area contributed by atoms with Gasteiger partial charge in [-0.05, 0) is 36.4 Å². The summed E-state index contributed by atoms with van der Waals surface area (Å²) >= 11 is 7.37. The van der Waals surface area contributed by atoms with Gasteiger partial charge in [-0.2, -0.15) is 0 Å². The molecule has 0 radical (unpaired) electrons. The van der Waals surface area contributed by atoms with Crippen LogP contribution in [-0.2, 0) is 6.54 Å². The van der Waals surface area contributed by atoms with Gasteiger partial charge in [0.05, 0.1) is 22.0 Å². The normalized spacial score (nSPS) is 15.8. The fourth-order valence-electron chi connectivity index (χ4n) is 3.46. The Bertz CT molecular complexity index is 1430. The Balaban J connectivity index is 1.75. The summed E-state index contributed by atoms with van der Waals surface area (Å²) in [6.07, 6.45) is 1.53. The average molecular weight is 475 g/mol. The molecule has 4 aromatic rings. The molecule has 4 N–H and O–H groups in total. The van der Waals surface area contributed by atoms with Crippen molar-refractivity contribution in [1.82, 2.24) is 9.55 Å². The lowest BCUT2D eigenvalue weighted by Gasteiger charge is -2.34. The monoisotopic (exact) mass is 474 g/mol. The Kier molecular flexibility index (Phi) is 4.76. The zero-order valence-corrected chi connectivity index (χ0v) is 18.1. The van der Waals surface area contributed by atoms with Crippen molar-refractivity contribution in [2.45, 2.75) is 11.4 Å². The van der Waals surface area contributed by atoms with E-state index in [4.69, 9.17) is 11.6 Å². The summed E-state index contributed by atoms with van der Waals surface area (Å²) in [6.45, 7) is 0.178. The largest absolute Gasteiger partial charge is 0.506 e. The SMILES string of the molecule is O=c1c(C2=NS(O)(O)c3ccccc3N2)c(O)c2cccnc2n1Cc1ccc(Cl)s1. The van der Waals surface area contributed by atoms with Crippen LogP contribution in [0.15, 0.2) is 68.8 Å². The lowest BCUT2D eigenvalue weighted by Crippen LogP contribution is -2.32. The van der Waals surface area contributed by atoms with Crippen molar-refractivity contribution >= 4 is 56.3 Å². The third-order valence-electron chi connectivity index (χ3n) is 4.83. The molecule has 0 spiro atoms. The van der Waals surface area contributed by atoms with Crippen LogP contribution in [0.5, 0.6) is 5.75 Å². The number of rotatable bonds is 3. The number of benzene rings is 1. The van der Waals surface area contributed by atoms with E-state index >= 15 is 0 Å². The van der Waals surface area contributed by atoms with Crippen LogP contribution in [-0.4, -0.2) is 29.6 Å². The van der Waals surface area contributed by atoms with Crippen molar-refractivity contribution in [2.24, 2.45) is 4.40 Å². The molecule has 5 rings (SSSR count). The van der Waals surface area contributed by atoms with Gasteiger partial charge in [0.15, 0.2) is 5.84 Å². The van der Waals surface area contributed by atoms with E-state index in [1.807, 2.05) is 6.07 Å². The van der Waals surface area contributed by atoms with Crippen molar-refractivity contribution in [3.8, 4) is 5.75 Å². The van der Waals surface area contributed by atoms with Gasteiger partial charge >= 0.3 is 0 Å². The molecular weight excluding hydrogens is 460 g/mol. The number of pyridine rings is 2. The van der Waals surface area contributed by atoms with E-state index in [9.17, 15) is 19.0 Å². The summed E-state index contributed by atoms with van der Waals surface area (Å²) in [4.78, 5) is 18.8. The molecule has 1 aromatic carbocycles. The molecule has 8 nitrogen and oxygen atoms in total. The van der Waals surface area contributed by atoms with Crippen LogP contribution in [0.1, 0.15) is 10.4 Å². The van der Waals surface area contributed by atoms with E-state index < -0.39 is 16.3 Å². The predicted octanol–water partition coefficient (Wildman–Crippen LogP) is 4.76. The second kappa shape index (κ2) is 7.36. The number of thiophene rings is 1. The Morgan fingerprint density at radius 2 is 1.94 bits per heavy atom. The highest BCUT2D eigenvalue weighted by Gasteiger charge is 2.30. The molecule has 0 atom stereocenters. The van der Waals surface area contributed by atoms with Gasteiger partial charge in [0.25, 0.3) is 5.56 Å². The van der Waals surface area contributed by atoms with Gasteiger partial charge in [-0.1, -0.05) is 34.5 Å². The van der Waals surface area contributed by atoms with Crippen LogP contribution in [0.3, 0.4) is 0 Å². The van der Waals surface area contributed by atoms with Crippen LogP contribution in [0.2, 0.25) is 4.34 Å². The standard InChI is InChI=1S/C20H15ClN4O4S2/c21-15-8-7-11(30-15)10-25-19-12(4-3-9-22-19)17(26)16(20(25)27)18-23-13-5-1-2-6-14(13)31(28,29)24-18/h1-9,26,28-29H,10H2,(H,23,24). The molecular formula is C20H15ClN4O4S2. The summed E-state index contributed by atoms with van der Waals surface area (Å²) in [5, 5.41) is 14.2. The summed E-state index contributed by atoms with van der Waals surface area (Å²) < 4.78 is 27.1. The van der Waals surface area contributed by atoms with Crippen molar-refractivity contribution < 1.29 is 14.2 Å². The molecule has 0 bridgehead atoms. The minimum atomic E-state index is -3.56. The first-order valence-electron chi connectivity index (χ1n) is 9.04. The average Bonchev–Trinajstić information content (AvgIpc) is 3.16. The van der Waals surface area contributed by atoms with Gasteiger partial charge in [0, 0.05) is 11.1 Å². The maximum absolute atomic E-state index is 13.5. The lowest BCUT2D eigenvalue weighted by atomic mass is 10.1. The first kappa shape index (κ1) is 20.0. The van der Waals surface area contributed by atoms with E-state index in [2.05, 4.69) is 14.7 Å². The zero-order valence-electron chi connectivity index (χ0n) is 15.7. The number of fused-ring (bicyclic) bond motifs is 2. The summed E-state index contributed by atoms with van der Waals surface area (Å²) in [6, 6.07) is 13.4. The molecule has 0 amide bonds. The van der Waals surface area contributed by atoms with E-state index in [0.717, 1.165) is 4.88 Å². The van der Waals surface area contributed by atoms with E-state index in [-0.39, 0.29) is 28.6 Å². The van der Waals surface area contributed by atoms with Crippen LogP contribution in [0.4, 0.5) is 5.69 Å². The fourth-order valence-corrected chi connectivity index (χ4v) is 5.70. The highest BCUT2D eigenvalue weighted by atomic mass is 35.5. The van der Waals surface area contributed by atoms with E-state index in [0.29, 0.717) is 21.1 Å². The molecule has 0 saturated heterocycles. The molecule has 0 unspecified atom stereocenters. The van der Waals surface area contributed by atoms with E-state index in [1.165, 1.54) is 22.1 Å². The maximum atomic E-state index is 13.5. The van der Waals surface area contributed by atoms with Gasteiger partial charge < -0.3 is 10.4 Å². The Morgan fingerprint density at radius 3 is 2.71 bits per heavy atom. The molecule has 0 fully saturated rings. The molecule has 1 aliphatic heterocycles. The number of anilines is 1. The van der Waals surface area contributed by atoms with Gasteiger partial charge in [-0.3, -0.25) is 18.5 Å². The molecule has 31 heavy (non-hydrogen) atoms. The number of amidine groups is 1. The lowest BCUT2D eigenvalue weighted by molar-refractivity contribution is 0.477. The third-order valence-corrected chi connectivity index (χ3v) is 7.43. The number of halogens is 1. The van der Waals surface area contributed by atoms with Crippen molar-refractivity contribution in [3.63, 3.8) is 0 Å². The smallest absolute Gasteiger partial charge is 0.267 e. The molecule has 3 aromatic heterocycles. The molecule has 0 aliphatic carbocycles. The minimum absolute atomic E-state index is 0.120. The summed E-state index contributed by atoms with van der Waals surface area (Å²) in [5.74, 6) is -0.459. The van der Waals surface area contributed by atoms with Gasteiger partial charge in [0.1, 0.15) is 21.9 Å². The van der Waals surface area contributed by atoms with E-state index in [1.54, 1.807) is 42.5 Å². The quantitative estimate of drug-likeness (QED) is 0.339.